The van der Waals surface area contributed by atoms with Gasteiger partial charge < -0.3 is 10.1 Å². The Hall–Kier alpha value is -1.64. The van der Waals surface area contributed by atoms with Crippen molar-refractivity contribution in [1.29, 1.82) is 0 Å². The monoisotopic (exact) mass is 401 g/mol. The Morgan fingerprint density at radius 1 is 1.36 bits per heavy atom. The molecule has 1 atom stereocenters. The van der Waals surface area contributed by atoms with E-state index in [0.717, 1.165) is 10.1 Å². The van der Waals surface area contributed by atoms with E-state index in [4.69, 9.17) is 16.3 Å². The van der Waals surface area contributed by atoms with E-state index in [0.29, 0.717) is 11.4 Å². The van der Waals surface area contributed by atoms with Gasteiger partial charge in [-0.1, -0.05) is 29.8 Å². The highest BCUT2D eigenvalue weighted by Gasteiger charge is 2.39. The van der Waals surface area contributed by atoms with Crippen LogP contribution in [0.5, 0.6) is 0 Å². The Labute approximate surface area is 154 Å². The molecule has 2 aromatic rings. The predicted octanol–water partition coefficient (Wildman–Crippen LogP) is 2.40. The SMILES string of the molecule is CC1(NC(=O)COC(=O)c2sc3ccccc3c2Cl)CCS(=O)(=O)C1. The number of esters is 1. The Kier molecular flexibility index (Phi) is 4.78. The largest absolute Gasteiger partial charge is 0.451 e. The lowest BCUT2D eigenvalue weighted by molar-refractivity contribution is -0.125. The molecule has 9 heteroatoms. The molecule has 0 radical (unpaired) electrons. The number of thiophene rings is 1. The van der Waals surface area contributed by atoms with Crippen molar-refractivity contribution >= 4 is 54.7 Å². The summed E-state index contributed by atoms with van der Waals surface area (Å²) >= 11 is 7.40. The summed E-state index contributed by atoms with van der Waals surface area (Å²) < 4.78 is 29.0. The second-order valence-corrected chi connectivity index (χ2v) is 9.88. The lowest BCUT2D eigenvalue weighted by Crippen LogP contribution is -2.48. The van der Waals surface area contributed by atoms with Gasteiger partial charge in [0.05, 0.1) is 22.1 Å². The number of amides is 1. The maximum atomic E-state index is 12.2. The molecule has 2 heterocycles. The van der Waals surface area contributed by atoms with Gasteiger partial charge in [-0.05, 0) is 19.4 Å². The second kappa shape index (κ2) is 6.59. The van der Waals surface area contributed by atoms with Crippen LogP contribution in [0.3, 0.4) is 0 Å². The zero-order valence-corrected chi connectivity index (χ0v) is 15.8. The Bertz CT molecular complexity index is 953. The molecule has 6 nitrogen and oxygen atoms in total. The van der Waals surface area contributed by atoms with Crippen LogP contribution in [0.1, 0.15) is 23.0 Å². The number of hydrogen-bond donors (Lipinski definition) is 1. The lowest BCUT2D eigenvalue weighted by Gasteiger charge is -2.23. The van der Waals surface area contributed by atoms with Crippen LogP contribution in [-0.2, 0) is 19.4 Å². The van der Waals surface area contributed by atoms with Gasteiger partial charge in [-0.3, -0.25) is 4.79 Å². The number of sulfone groups is 1. The highest BCUT2D eigenvalue weighted by atomic mass is 35.5. The summed E-state index contributed by atoms with van der Waals surface area (Å²) in [5.41, 5.74) is -0.822. The van der Waals surface area contributed by atoms with E-state index < -0.39 is 33.9 Å². The highest BCUT2D eigenvalue weighted by Crippen LogP contribution is 2.35. The van der Waals surface area contributed by atoms with Gasteiger partial charge in [0.1, 0.15) is 4.88 Å². The molecule has 1 saturated heterocycles. The molecule has 0 saturated carbocycles. The first-order chi connectivity index (χ1) is 11.7. The Balaban J connectivity index is 1.62. The van der Waals surface area contributed by atoms with E-state index >= 15 is 0 Å². The van der Waals surface area contributed by atoms with Gasteiger partial charge in [0.15, 0.2) is 16.4 Å². The molecule has 25 heavy (non-hydrogen) atoms. The number of benzene rings is 1. The average molecular weight is 402 g/mol. The summed E-state index contributed by atoms with van der Waals surface area (Å²) in [4.78, 5) is 24.4. The van der Waals surface area contributed by atoms with Gasteiger partial charge in [-0.2, -0.15) is 0 Å². The third-order valence-electron chi connectivity index (χ3n) is 4.00. The zero-order chi connectivity index (χ0) is 18.2. The fourth-order valence-electron chi connectivity index (χ4n) is 2.82. The standard InChI is InChI=1S/C16H16ClNO5S2/c1-16(6-7-25(21,22)9-16)18-12(19)8-23-15(20)14-13(17)10-4-2-3-5-11(10)24-14/h2-5H,6-9H2,1H3,(H,18,19). The number of hydrogen-bond acceptors (Lipinski definition) is 6. The number of fused-ring (bicyclic) bond motifs is 1. The molecule has 1 aliphatic heterocycles. The van der Waals surface area contributed by atoms with E-state index in [9.17, 15) is 18.0 Å². The van der Waals surface area contributed by atoms with Crippen molar-refractivity contribution in [1.82, 2.24) is 5.32 Å². The molecular formula is C16H16ClNO5S2. The summed E-state index contributed by atoms with van der Waals surface area (Å²) in [7, 11) is -3.13. The van der Waals surface area contributed by atoms with E-state index in [1.54, 1.807) is 13.0 Å². The zero-order valence-electron chi connectivity index (χ0n) is 13.4. The van der Waals surface area contributed by atoms with Crippen molar-refractivity contribution < 1.29 is 22.7 Å². The predicted molar refractivity (Wildman–Crippen MR) is 96.9 cm³/mol. The molecule has 3 rings (SSSR count). The van der Waals surface area contributed by atoms with Crippen LogP contribution in [0.15, 0.2) is 24.3 Å². The number of carbonyl (C=O) groups excluding carboxylic acids is 2. The van der Waals surface area contributed by atoms with Crippen LogP contribution in [0, 0.1) is 0 Å². The van der Waals surface area contributed by atoms with Crippen molar-refractivity contribution in [2.45, 2.75) is 18.9 Å². The molecule has 0 aliphatic carbocycles. The quantitative estimate of drug-likeness (QED) is 0.794. The fourth-order valence-corrected chi connectivity index (χ4v) is 6.32. The molecule has 134 valence electrons. The summed E-state index contributed by atoms with van der Waals surface area (Å²) in [5, 5.41) is 3.70. The minimum absolute atomic E-state index is 0.0426. The molecule has 1 N–H and O–H groups in total. The maximum absolute atomic E-state index is 12.2. The number of carbonyl (C=O) groups is 2. The van der Waals surface area contributed by atoms with E-state index in [2.05, 4.69) is 5.32 Å². The maximum Gasteiger partial charge on any atom is 0.350 e. The number of nitrogens with one attached hydrogen (secondary N) is 1. The van der Waals surface area contributed by atoms with Crippen LogP contribution in [0.2, 0.25) is 5.02 Å². The van der Waals surface area contributed by atoms with Crippen LogP contribution < -0.4 is 5.32 Å². The minimum atomic E-state index is -3.13. The molecule has 1 aromatic heterocycles. The van der Waals surface area contributed by atoms with Crippen molar-refractivity contribution in [3.05, 3.63) is 34.2 Å². The molecule has 1 fully saturated rings. The molecule has 1 unspecified atom stereocenters. The van der Waals surface area contributed by atoms with Crippen molar-refractivity contribution in [2.75, 3.05) is 18.1 Å². The minimum Gasteiger partial charge on any atom is -0.451 e. The van der Waals surface area contributed by atoms with E-state index in [1.807, 2.05) is 18.2 Å². The number of halogens is 1. The summed E-state index contributed by atoms with van der Waals surface area (Å²) in [6, 6.07) is 7.31. The van der Waals surface area contributed by atoms with Crippen LogP contribution in [0.25, 0.3) is 10.1 Å². The molecule has 0 bridgehead atoms. The molecule has 1 aromatic carbocycles. The average Bonchev–Trinajstić information content (AvgIpc) is 3.02. The molecular weight excluding hydrogens is 386 g/mol. The van der Waals surface area contributed by atoms with Gasteiger partial charge >= 0.3 is 5.97 Å². The second-order valence-electron chi connectivity index (χ2n) is 6.27. The topological polar surface area (TPSA) is 89.5 Å². The third-order valence-corrected chi connectivity index (χ3v) is 7.56. The number of rotatable bonds is 4. The van der Waals surface area contributed by atoms with Crippen molar-refractivity contribution in [3.8, 4) is 0 Å². The molecule has 0 spiro atoms. The van der Waals surface area contributed by atoms with E-state index in [1.165, 1.54) is 11.3 Å². The van der Waals surface area contributed by atoms with Crippen molar-refractivity contribution in [2.24, 2.45) is 0 Å². The fraction of sp³-hybridized carbons (Fsp3) is 0.375. The highest BCUT2D eigenvalue weighted by molar-refractivity contribution is 7.91. The smallest absolute Gasteiger partial charge is 0.350 e. The summed E-state index contributed by atoms with van der Waals surface area (Å²) in [5.74, 6) is -1.28. The van der Waals surface area contributed by atoms with E-state index in [-0.39, 0.29) is 16.4 Å². The first-order valence-corrected chi connectivity index (χ1v) is 10.6. The Morgan fingerprint density at radius 2 is 2.08 bits per heavy atom. The number of ether oxygens (including phenoxy) is 1. The molecule has 1 amide bonds. The van der Waals surface area contributed by atoms with Gasteiger partial charge in [0, 0.05) is 10.1 Å². The first-order valence-electron chi connectivity index (χ1n) is 7.55. The molecule has 1 aliphatic rings. The summed E-state index contributed by atoms with van der Waals surface area (Å²) in [6.45, 7) is 1.18. The van der Waals surface area contributed by atoms with Crippen molar-refractivity contribution in [3.63, 3.8) is 0 Å². The summed E-state index contributed by atoms with van der Waals surface area (Å²) in [6.07, 6.45) is 0.344. The third kappa shape index (κ3) is 3.96. The van der Waals surface area contributed by atoms with Gasteiger partial charge in [0.25, 0.3) is 5.91 Å². The van der Waals surface area contributed by atoms with Crippen LogP contribution >= 0.6 is 22.9 Å². The van der Waals surface area contributed by atoms with Crippen LogP contribution in [-0.4, -0.2) is 43.9 Å². The van der Waals surface area contributed by atoms with Gasteiger partial charge in [-0.15, -0.1) is 11.3 Å². The van der Waals surface area contributed by atoms with Crippen LogP contribution in [0.4, 0.5) is 0 Å². The first kappa shape index (κ1) is 18.2. The van der Waals surface area contributed by atoms with Gasteiger partial charge in [0.2, 0.25) is 0 Å². The Morgan fingerprint density at radius 3 is 2.72 bits per heavy atom. The normalized spacial score (nSPS) is 22.0. The lowest BCUT2D eigenvalue weighted by atomic mass is 10.0. The van der Waals surface area contributed by atoms with Gasteiger partial charge in [-0.25, -0.2) is 13.2 Å².